The summed E-state index contributed by atoms with van der Waals surface area (Å²) in [7, 11) is 0. The van der Waals surface area contributed by atoms with E-state index in [0.29, 0.717) is 0 Å². The van der Waals surface area contributed by atoms with Crippen LogP contribution in [0.2, 0.25) is 0 Å². The molecule has 1 aromatic heterocycles. The lowest BCUT2D eigenvalue weighted by atomic mass is 10.1. The molecule has 0 N–H and O–H groups in total. The van der Waals surface area contributed by atoms with Crippen molar-refractivity contribution in [3.8, 4) is 0 Å². The van der Waals surface area contributed by atoms with E-state index >= 15 is 0 Å². The quantitative estimate of drug-likeness (QED) is 0.726. The highest BCUT2D eigenvalue weighted by molar-refractivity contribution is 8.01. The van der Waals surface area contributed by atoms with Crippen LogP contribution in [0.5, 0.6) is 0 Å². The van der Waals surface area contributed by atoms with E-state index in [1.54, 1.807) is 0 Å². The highest BCUT2D eigenvalue weighted by Crippen LogP contribution is 2.23. The van der Waals surface area contributed by atoms with Crippen LogP contribution in [0.25, 0.3) is 0 Å². The summed E-state index contributed by atoms with van der Waals surface area (Å²) in [6, 6.07) is 4.35. The van der Waals surface area contributed by atoms with Crippen LogP contribution >= 0.6 is 23.1 Å². The van der Waals surface area contributed by atoms with Crippen molar-refractivity contribution in [1.29, 1.82) is 0 Å². The molecule has 0 radical (unpaired) electrons. The SMILES string of the molecule is c1csc(SCCN2CCCCC2)c1. The maximum Gasteiger partial charge on any atom is 0.0598 e. The summed E-state index contributed by atoms with van der Waals surface area (Å²) in [6.07, 6.45) is 4.25. The summed E-state index contributed by atoms with van der Waals surface area (Å²) >= 11 is 3.85. The van der Waals surface area contributed by atoms with Crippen molar-refractivity contribution in [2.24, 2.45) is 0 Å². The van der Waals surface area contributed by atoms with E-state index in [4.69, 9.17) is 0 Å². The number of thioether (sulfide) groups is 1. The van der Waals surface area contributed by atoms with E-state index in [-0.39, 0.29) is 0 Å². The fourth-order valence-electron chi connectivity index (χ4n) is 1.80. The molecule has 1 aromatic rings. The van der Waals surface area contributed by atoms with E-state index in [9.17, 15) is 0 Å². The normalized spacial score (nSPS) is 18.6. The van der Waals surface area contributed by atoms with Gasteiger partial charge in [0, 0.05) is 12.3 Å². The van der Waals surface area contributed by atoms with Crippen molar-refractivity contribution in [3.63, 3.8) is 0 Å². The number of nitrogens with zero attached hydrogens (tertiary/aromatic N) is 1. The number of likely N-dealkylation sites (tertiary alicyclic amines) is 1. The predicted octanol–water partition coefficient (Wildman–Crippen LogP) is 3.33. The number of hydrogen-bond acceptors (Lipinski definition) is 3. The van der Waals surface area contributed by atoms with E-state index < -0.39 is 0 Å². The maximum absolute atomic E-state index is 2.60. The van der Waals surface area contributed by atoms with Crippen molar-refractivity contribution < 1.29 is 0 Å². The summed E-state index contributed by atoms with van der Waals surface area (Å²) in [5, 5.41) is 2.16. The Kier molecular flexibility index (Phi) is 4.35. The lowest BCUT2D eigenvalue weighted by Crippen LogP contribution is -2.31. The predicted molar refractivity (Wildman–Crippen MR) is 65.3 cm³/mol. The second-order valence-corrected chi connectivity index (χ2v) is 6.03. The molecule has 1 fully saturated rings. The van der Waals surface area contributed by atoms with Gasteiger partial charge < -0.3 is 4.90 Å². The fraction of sp³-hybridized carbons (Fsp3) is 0.636. The average molecular weight is 227 g/mol. The Hall–Kier alpha value is 0.01000. The Labute approximate surface area is 94.5 Å². The van der Waals surface area contributed by atoms with Gasteiger partial charge in [-0.3, -0.25) is 0 Å². The van der Waals surface area contributed by atoms with E-state index in [1.807, 2.05) is 23.1 Å². The van der Waals surface area contributed by atoms with E-state index in [1.165, 1.54) is 48.9 Å². The largest absolute Gasteiger partial charge is 0.303 e. The molecular formula is C11H17NS2. The number of piperidine rings is 1. The topological polar surface area (TPSA) is 3.24 Å². The Balaban J connectivity index is 1.62. The van der Waals surface area contributed by atoms with Crippen molar-refractivity contribution in [3.05, 3.63) is 17.5 Å². The van der Waals surface area contributed by atoms with Crippen LogP contribution in [0.3, 0.4) is 0 Å². The lowest BCUT2D eigenvalue weighted by Gasteiger charge is -2.25. The summed E-state index contributed by atoms with van der Waals surface area (Å²) in [6.45, 7) is 3.92. The van der Waals surface area contributed by atoms with E-state index in [0.717, 1.165) is 0 Å². The maximum atomic E-state index is 2.60. The Morgan fingerprint density at radius 3 is 2.86 bits per heavy atom. The first-order valence-corrected chi connectivity index (χ1v) is 7.20. The number of rotatable bonds is 4. The van der Waals surface area contributed by atoms with Gasteiger partial charge in [0.25, 0.3) is 0 Å². The van der Waals surface area contributed by atoms with Gasteiger partial charge >= 0.3 is 0 Å². The van der Waals surface area contributed by atoms with Crippen molar-refractivity contribution in [2.75, 3.05) is 25.4 Å². The number of hydrogen-bond donors (Lipinski definition) is 0. The number of thiophene rings is 1. The minimum Gasteiger partial charge on any atom is -0.303 e. The Bertz CT molecular complexity index is 240. The first-order chi connectivity index (χ1) is 6.95. The molecule has 78 valence electrons. The van der Waals surface area contributed by atoms with Gasteiger partial charge in [-0.2, -0.15) is 0 Å². The molecule has 2 heterocycles. The van der Waals surface area contributed by atoms with Crippen LogP contribution in [0.4, 0.5) is 0 Å². The molecule has 1 saturated heterocycles. The third-order valence-electron chi connectivity index (χ3n) is 2.60. The highest BCUT2D eigenvalue weighted by Gasteiger charge is 2.09. The Morgan fingerprint density at radius 1 is 1.29 bits per heavy atom. The molecule has 0 aliphatic carbocycles. The van der Waals surface area contributed by atoms with Crippen LogP contribution in [0.15, 0.2) is 21.7 Å². The zero-order valence-corrected chi connectivity index (χ0v) is 10.1. The van der Waals surface area contributed by atoms with Gasteiger partial charge in [-0.15, -0.1) is 23.1 Å². The molecule has 0 aromatic carbocycles. The molecule has 1 aliphatic heterocycles. The minimum absolute atomic E-state index is 1.25. The van der Waals surface area contributed by atoms with Crippen LogP contribution in [0, 0.1) is 0 Å². The molecule has 14 heavy (non-hydrogen) atoms. The standard InChI is InChI=1S/C11H17NS2/c1-2-6-12(7-3-1)8-10-14-11-5-4-9-13-11/h4-5,9H,1-3,6-8,10H2. The molecule has 1 aliphatic rings. The van der Waals surface area contributed by atoms with Gasteiger partial charge in [0.05, 0.1) is 4.21 Å². The second-order valence-electron chi connectivity index (χ2n) is 3.68. The minimum atomic E-state index is 1.25. The summed E-state index contributed by atoms with van der Waals surface area (Å²) in [4.78, 5) is 2.60. The highest BCUT2D eigenvalue weighted by atomic mass is 32.2. The molecule has 3 heteroatoms. The third-order valence-corrected chi connectivity index (χ3v) is 4.71. The zero-order valence-electron chi connectivity index (χ0n) is 8.45. The molecule has 0 amide bonds. The van der Waals surface area contributed by atoms with Crippen molar-refractivity contribution in [2.45, 2.75) is 23.5 Å². The molecule has 0 atom stereocenters. The monoisotopic (exact) mass is 227 g/mol. The first-order valence-electron chi connectivity index (χ1n) is 5.34. The van der Waals surface area contributed by atoms with Crippen molar-refractivity contribution in [1.82, 2.24) is 4.90 Å². The molecular weight excluding hydrogens is 210 g/mol. The van der Waals surface area contributed by atoms with Crippen LogP contribution in [-0.4, -0.2) is 30.3 Å². The molecule has 2 rings (SSSR count). The summed E-state index contributed by atoms with van der Waals surface area (Å²) in [5.74, 6) is 1.25. The van der Waals surface area contributed by atoms with Gasteiger partial charge in [-0.1, -0.05) is 12.5 Å². The fourth-order valence-corrected chi connectivity index (χ4v) is 3.67. The van der Waals surface area contributed by atoms with Gasteiger partial charge in [0.1, 0.15) is 0 Å². The third kappa shape index (κ3) is 3.30. The Morgan fingerprint density at radius 2 is 2.14 bits per heavy atom. The molecule has 0 saturated carbocycles. The van der Waals surface area contributed by atoms with Crippen LogP contribution in [-0.2, 0) is 0 Å². The molecule has 0 spiro atoms. The summed E-state index contributed by atoms with van der Waals surface area (Å²) in [5.41, 5.74) is 0. The van der Waals surface area contributed by atoms with Gasteiger partial charge in [-0.05, 0) is 37.4 Å². The van der Waals surface area contributed by atoms with Gasteiger partial charge in [0.2, 0.25) is 0 Å². The summed E-state index contributed by atoms with van der Waals surface area (Å²) < 4.78 is 1.46. The van der Waals surface area contributed by atoms with Crippen molar-refractivity contribution >= 4 is 23.1 Å². The molecule has 0 bridgehead atoms. The van der Waals surface area contributed by atoms with Crippen LogP contribution < -0.4 is 0 Å². The van der Waals surface area contributed by atoms with Crippen LogP contribution in [0.1, 0.15) is 19.3 Å². The molecule has 0 unspecified atom stereocenters. The lowest BCUT2D eigenvalue weighted by molar-refractivity contribution is 0.242. The average Bonchev–Trinajstić information content (AvgIpc) is 2.72. The second kappa shape index (κ2) is 5.79. The zero-order chi connectivity index (χ0) is 9.64. The van der Waals surface area contributed by atoms with Gasteiger partial charge in [0.15, 0.2) is 0 Å². The van der Waals surface area contributed by atoms with E-state index in [2.05, 4.69) is 22.4 Å². The van der Waals surface area contributed by atoms with Gasteiger partial charge in [-0.25, -0.2) is 0 Å². The smallest absolute Gasteiger partial charge is 0.0598 e. The first kappa shape index (κ1) is 10.5. The molecule has 1 nitrogen and oxygen atoms in total.